The van der Waals surface area contributed by atoms with Crippen LogP contribution in [0.2, 0.25) is 0 Å². The second-order valence-corrected chi connectivity index (χ2v) is 8.06. The molecule has 4 heterocycles. The van der Waals surface area contributed by atoms with Crippen LogP contribution >= 0.6 is 0 Å². The van der Waals surface area contributed by atoms with E-state index < -0.39 is 11.4 Å². The lowest BCUT2D eigenvalue weighted by Gasteiger charge is -2.26. The summed E-state index contributed by atoms with van der Waals surface area (Å²) in [7, 11) is 2.00. The Labute approximate surface area is 157 Å². The number of aromatic nitrogens is 2. The monoisotopic (exact) mass is 368 g/mol. The standard InChI is InChI=1S/C20H24N4O3/c1-21-11-7-13-3-2-4-14-17-15(8-22-19(14)24(13)9-11)18(25)16(20(26)27)10-23(17)12-5-6-12/h8,10-13,21H,2-7,9H2,1H3,(H,26,27). The second kappa shape index (κ2) is 6.05. The van der Waals surface area contributed by atoms with Gasteiger partial charge in [0, 0.05) is 42.6 Å². The molecule has 0 spiro atoms. The van der Waals surface area contributed by atoms with Gasteiger partial charge in [0.05, 0.1) is 10.9 Å². The molecule has 1 saturated heterocycles. The van der Waals surface area contributed by atoms with E-state index in [9.17, 15) is 14.7 Å². The summed E-state index contributed by atoms with van der Waals surface area (Å²) in [6.07, 6.45) is 9.41. The lowest BCUT2D eigenvalue weighted by molar-refractivity contribution is 0.0695. The van der Waals surface area contributed by atoms with E-state index in [-0.39, 0.29) is 5.56 Å². The van der Waals surface area contributed by atoms with Crippen molar-refractivity contribution in [1.82, 2.24) is 14.9 Å². The summed E-state index contributed by atoms with van der Waals surface area (Å²) in [4.78, 5) is 31.5. The molecule has 0 amide bonds. The highest BCUT2D eigenvalue weighted by atomic mass is 16.4. The number of carboxylic acid groups (broad SMARTS) is 1. The van der Waals surface area contributed by atoms with Gasteiger partial charge in [0.25, 0.3) is 0 Å². The first kappa shape index (κ1) is 16.7. The van der Waals surface area contributed by atoms with Crippen LogP contribution in [0.5, 0.6) is 0 Å². The van der Waals surface area contributed by atoms with Gasteiger partial charge in [-0.2, -0.15) is 0 Å². The molecule has 1 saturated carbocycles. The molecular weight excluding hydrogens is 344 g/mol. The average Bonchev–Trinajstić information content (AvgIpc) is 3.44. The van der Waals surface area contributed by atoms with Gasteiger partial charge in [-0.3, -0.25) is 4.79 Å². The van der Waals surface area contributed by atoms with E-state index >= 15 is 0 Å². The summed E-state index contributed by atoms with van der Waals surface area (Å²) >= 11 is 0. The maximum atomic E-state index is 12.8. The van der Waals surface area contributed by atoms with Gasteiger partial charge < -0.3 is 19.9 Å². The molecule has 2 aromatic heterocycles. The Morgan fingerprint density at radius 1 is 1.30 bits per heavy atom. The van der Waals surface area contributed by atoms with Crippen LogP contribution in [0.25, 0.3) is 10.9 Å². The second-order valence-electron chi connectivity index (χ2n) is 8.06. The molecule has 1 aliphatic carbocycles. The average molecular weight is 368 g/mol. The molecule has 2 N–H and O–H groups in total. The molecule has 2 fully saturated rings. The number of aromatic carboxylic acids is 1. The normalized spacial score (nSPS) is 24.6. The van der Waals surface area contributed by atoms with Crippen molar-refractivity contribution in [2.24, 2.45) is 0 Å². The van der Waals surface area contributed by atoms with Gasteiger partial charge >= 0.3 is 5.97 Å². The molecule has 2 aromatic rings. The first-order valence-corrected chi connectivity index (χ1v) is 9.82. The third-order valence-corrected chi connectivity index (χ3v) is 6.37. The van der Waals surface area contributed by atoms with Gasteiger partial charge in [0.1, 0.15) is 11.4 Å². The van der Waals surface area contributed by atoms with E-state index in [1.165, 1.54) is 0 Å². The fraction of sp³-hybridized carbons (Fsp3) is 0.550. The van der Waals surface area contributed by atoms with E-state index in [4.69, 9.17) is 4.98 Å². The van der Waals surface area contributed by atoms with Gasteiger partial charge in [-0.05, 0) is 45.6 Å². The third-order valence-electron chi connectivity index (χ3n) is 6.37. The number of carbonyl (C=O) groups is 1. The predicted molar refractivity (Wildman–Crippen MR) is 103 cm³/mol. The summed E-state index contributed by atoms with van der Waals surface area (Å²) in [5.74, 6) is -0.178. The molecule has 2 atom stereocenters. The van der Waals surface area contributed by atoms with Crippen LogP contribution in [-0.2, 0) is 6.42 Å². The van der Waals surface area contributed by atoms with Gasteiger partial charge in [-0.1, -0.05) is 0 Å². The summed E-state index contributed by atoms with van der Waals surface area (Å²) in [6, 6.07) is 1.23. The maximum Gasteiger partial charge on any atom is 0.341 e. The van der Waals surface area contributed by atoms with Crippen LogP contribution in [0.15, 0.2) is 17.2 Å². The van der Waals surface area contributed by atoms with Crippen molar-refractivity contribution in [3.63, 3.8) is 0 Å². The first-order chi connectivity index (χ1) is 13.1. The van der Waals surface area contributed by atoms with Gasteiger partial charge in [0.2, 0.25) is 5.43 Å². The van der Waals surface area contributed by atoms with Gasteiger partial charge in [-0.25, -0.2) is 9.78 Å². The lowest BCUT2D eigenvalue weighted by atomic mass is 10.0. The Kier molecular flexibility index (Phi) is 3.75. The molecule has 3 aliphatic rings. The zero-order valence-electron chi connectivity index (χ0n) is 15.4. The van der Waals surface area contributed by atoms with Crippen molar-refractivity contribution in [2.45, 2.75) is 56.7 Å². The minimum absolute atomic E-state index is 0.154. The fourth-order valence-electron chi connectivity index (χ4n) is 4.85. The van der Waals surface area contributed by atoms with Crippen molar-refractivity contribution in [3.8, 4) is 0 Å². The van der Waals surface area contributed by atoms with Gasteiger partial charge in [-0.15, -0.1) is 0 Å². The summed E-state index contributed by atoms with van der Waals surface area (Å²) in [6.45, 7) is 0.924. The molecule has 0 aromatic carbocycles. The Morgan fingerprint density at radius 3 is 2.81 bits per heavy atom. The minimum atomic E-state index is -1.16. The molecule has 2 unspecified atom stereocenters. The molecule has 7 nitrogen and oxygen atoms in total. The number of hydrogen-bond acceptors (Lipinski definition) is 5. The quantitative estimate of drug-likeness (QED) is 0.861. The number of hydrogen-bond donors (Lipinski definition) is 2. The molecule has 5 rings (SSSR count). The van der Waals surface area contributed by atoms with E-state index in [0.29, 0.717) is 23.5 Å². The number of fused-ring (bicyclic) bond motifs is 5. The van der Waals surface area contributed by atoms with Crippen molar-refractivity contribution in [1.29, 1.82) is 0 Å². The fourth-order valence-corrected chi connectivity index (χ4v) is 4.85. The zero-order valence-corrected chi connectivity index (χ0v) is 15.4. The molecule has 0 radical (unpaired) electrons. The SMILES string of the molecule is CNC1CC2CCCc3c(ncc4c(=O)c(C(=O)O)cn(C5CC5)c34)N2C1. The Balaban J connectivity index is 1.76. The molecule has 27 heavy (non-hydrogen) atoms. The van der Waals surface area contributed by atoms with Gasteiger partial charge in [0.15, 0.2) is 0 Å². The number of pyridine rings is 2. The highest BCUT2D eigenvalue weighted by Gasteiger charge is 2.36. The van der Waals surface area contributed by atoms with Crippen LogP contribution in [0, 0.1) is 0 Å². The Bertz CT molecular complexity index is 995. The first-order valence-electron chi connectivity index (χ1n) is 9.82. The van der Waals surface area contributed by atoms with Crippen LogP contribution < -0.4 is 15.6 Å². The number of nitrogens with zero attached hydrogens (tertiary/aromatic N) is 3. The topological polar surface area (TPSA) is 87.5 Å². The molecular formula is C20H24N4O3. The number of carboxylic acids is 1. The van der Waals surface area contributed by atoms with Crippen LogP contribution in [0.1, 0.15) is 54.1 Å². The van der Waals surface area contributed by atoms with E-state index in [0.717, 1.165) is 62.0 Å². The number of aryl methyl sites for hydroxylation is 1. The summed E-state index contributed by atoms with van der Waals surface area (Å²) in [5, 5.41) is 13.3. The Morgan fingerprint density at radius 2 is 2.11 bits per heavy atom. The molecule has 2 aliphatic heterocycles. The third kappa shape index (κ3) is 2.56. The van der Waals surface area contributed by atoms with Crippen LogP contribution in [-0.4, -0.2) is 46.3 Å². The van der Waals surface area contributed by atoms with E-state index in [1.54, 1.807) is 12.4 Å². The van der Waals surface area contributed by atoms with Crippen molar-refractivity contribution in [3.05, 3.63) is 33.7 Å². The smallest absolute Gasteiger partial charge is 0.341 e. The van der Waals surface area contributed by atoms with Crippen molar-refractivity contribution >= 4 is 22.7 Å². The van der Waals surface area contributed by atoms with E-state index in [2.05, 4.69) is 10.2 Å². The molecule has 7 heteroatoms. The predicted octanol–water partition coefficient (Wildman–Crippen LogP) is 1.93. The van der Waals surface area contributed by atoms with Crippen molar-refractivity contribution < 1.29 is 9.90 Å². The maximum absolute atomic E-state index is 12.8. The number of nitrogens with one attached hydrogen (secondary N) is 1. The summed E-state index contributed by atoms with van der Waals surface area (Å²) in [5.41, 5.74) is 1.46. The van der Waals surface area contributed by atoms with E-state index in [1.807, 2.05) is 11.6 Å². The summed E-state index contributed by atoms with van der Waals surface area (Å²) < 4.78 is 2.05. The number of anilines is 1. The van der Waals surface area contributed by atoms with Crippen LogP contribution in [0.4, 0.5) is 5.82 Å². The van der Waals surface area contributed by atoms with Crippen molar-refractivity contribution in [2.75, 3.05) is 18.5 Å². The highest BCUT2D eigenvalue weighted by Crippen LogP contribution is 2.41. The molecule has 142 valence electrons. The molecule has 0 bridgehead atoms. The Hall–Kier alpha value is -2.41. The number of rotatable bonds is 3. The van der Waals surface area contributed by atoms with Crippen LogP contribution in [0.3, 0.4) is 0 Å². The number of likely N-dealkylation sites (N-methyl/N-ethyl adjacent to an activating group) is 1. The zero-order chi connectivity index (χ0) is 18.7. The largest absolute Gasteiger partial charge is 0.477 e. The highest BCUT2D eigenvalue weighted by molar-refractivity contribution is 5.94. The minimum Gasteiger partial charge on any atom is -0.477 e. The lowest BCUT2D eigenvalue weighted by Crippen LogP contribution is -2.32.